The Balaban J connectivity index is 2.26. The molecule has 0 bridgehead atoms. The number of hydrogen-bond donors (Lipinski definition) is 1. The van der Waals surface area contributed by atoms with E-state index in [1.807, 2.05) is 32.0 Å². The second-order valence-electron chi connectivity index (χ2n) is 3.98. The largest absolute Gasteiger partial charge is 0.424 e. The zero-order valence-corrected chi connectivity index (χ0v) is 11.9. The minimum absolute atomic E-state index is 0.343. The summed E-state index contributed by atoms with van der Waals surface area (Å²) >= 11 is 3.41. The van der Waals surface area contributed by atoms with Crippen molar-refractivity contribution in [2.75, 3.05) is 0 Å². The highest BCUT2D eigenvalue weighted by Crippen LogP contribution is 2.25. The molecule has 0 aliphatic heterocycles. The molecule has 0 aliphatic carbocycles. The van der Waals surface area contributed by atoms with Gasteiger partial charge in [0.25, 0.3) is 0 Å². The summed E-state index contributed by atoms with van der Waals surface area (Å²) in [7, 11) is 0. The number of ether oxygens (including phenoxy) is 1. The topological polar surface area (TPSA) is 61.0 Å². The number of benzene rings is 1. The summed E-state index contributed by atoms with van der Waals surface area (Å²) < 4.78 is 6.68. The van der Waals surface area contributed by atoms with Gasteiger partial charge in [-0.25, -0.2) is 4.98 Å². The first-order valence-corrected chi connectivity index (χ1v) is 6.36. The summed E-state index contributed by atoms with van der Waals surface area (Å²) in [5.74, 6) is 0.748. The van der Waals surface area contributed by atoms with E-state index in [1.54, 1.807) is 6.20 Å². The molecule has 2 rings (SSSR count). The Hall–Kier alpha value is -1.46. The molecule has 0 atom stereocenters. The van der Waals surface area contributed by atoms with Crippen molar-refractivity contribution in [2.24, 2.45) is 5.73 Å². The lowest BCUT2D eigenvalue weighted by atomic mass is 10.2. The first kappa shape index (κ1) is 13.0. The molecule has 5 heteroatoms. The number of nitrogens with zero attached hydrogens (tertiary/aromatic N) is 2. The van der Waals surface area contributed by atoms with Gasteiger partial charge in [0.1, 0.15) is 5.75 Å². The molecular formula is C13H14BrN3O. The molecule has 18 heavy (non-hydrogen) atoms. The van der Waals surface area contributed by atoms with Crippen molar-refractivity contribution >= 4 is 15.9 Å². The quantitative estimate of drug-likeness (QED) is 0.946. The number of nitrogens with two attached hydrogens (primary N) is 1. The molecule has 1 aromatic heterocycles. The molecule has 0 aliphatic rings. The van der Waals surface area contributed by atoms with Gasteiger partial charge in [0, 0.05) is 28.5 Å². The van der Waals surface area contributed by atoms with Crippen LogP contribution in [-0.2, 0) is 6.54 Å². The normalized spacial score (nSPS) is 10.4. The van der Waals surface area contributed by atoms with Crippen LogP contribution in [0, 0.1) is 13.8 Å². The Morgan fingerprint density at radius 1 is 1.33 bits per heavy atom. The Bertz CT molecular complexity index is 572. The summed E-state index contributed by atoms with van der Waals surface area (Å²) in [5, 5.41) is 0. The van der Waals surface area contributed by atoms with E-state index < -0.39 is 0 Å². The Kier molecular flexibility index (Phi) is 3.93. The van der Waals surface area contributed by atoms with Crippen LogP contribution in [0.15, 0.2) is 28.9 Å². The van der Waals surface area contributed by atoms with Gasteiger partial charge in [0.2, 0.25) is 0 Å². The average molecular weight is 308 g/mol. The molecule has 0 unspecified atom stereocenters. The maximum Gasteiger partial charge on any atom is 0.322 e. The lowest BCUT2D eigenvalue weighted by Gasteiger charge is -2.08. The molecule has 0 saturated carbocycles. The monoisotopic (exact) mass is 307 g/mol. The summed E-state index contributed by atoms with van der Waals surface area (Å²) in [6.07, 6.45) is 1.70. The fraction of sp³-hybridized carbons (Fsp3) is 0.231. The zero-order chi connectivity index (χ0) is 13.1. The van der Waals surface area contributed by atoms with Gasteiger partial charge in [-0.1, -0.05) is 15.9 Å². The van der Waals surface area contributed by atoms with Gasteiger partial charge in [0.15, 0.2) is 0 Å². The number of rotatable bonds is 3. The average Bonchev–Trinajstić information content (AvgIpc) is 2.33. The molecule has 0 saturated heterocycles. The first-order valence-electron chi connectivity index (χ1n) is 5.56. The molecule has 1 heterocycles. The van der Waals surface area contributed by atoms with Gasteiger partial charge in [0.05, 0.1) is 0 Å². The van der Waals surface area contributed by atoms with Gasteiger partial charge in [-0.2, -0.15) is 4.98 Å². The molecule has 2 N–H and O–H groups in total. The first-order chi connectivity index (χ1) is 8.60. The molecule has 0 fully saturated rings. The predicted octanol–water partition coefficient (Wildman–Crippen LogP) is 3.11. The van der Waals surface area contributed by atoms with Crippen LogP contribution in [-0.4, -0.2) is 9.97 Å². The minimum Gasteiger partial charge on any atom is -0.424 e. The van der Waals surface area contributed by atoms with E-state index in [2.05, 4.69) is 25.9 Å². The minimum atomic E-state index is 0.343. The maximum absolute atomic E-state index is 5.66. The highest BCUT2D eigenvalue weighted by Gasteiger charge is 2.06. The van der Waals surface area contributed by atoms with Crippen LogP contribution >= 0.6 is 15.9 Å². The SMILES string of the molecule is Cc1cc(Br)ccc1Oc1ncc(CN)c(C)n1. The van der Waals surface area contributed by atoms with Gasteiger partial charge in [-0.3, -0.25) is 0 Å². The van der Waals surface area contributed by atoms with E-state index in [-0.39, 0.29) is 0 Å². The molecule has 4 nitrogen and oxygen atoms in total. The van der Waals surface area contributed by atoms with Crippen LogP contribution in [0.25, 0.3) is 0 Å². The fourth-order valence-corrected chi connectivity index (χ4v) is 2.02. The third-order valence-corrected chi connectivity index (χ3v) is 3.11. The smallest absolute Gasteiger partial charge is 0.322 e. The third kappa shape index (κ3) is 2.86. The zero-order valence-electron chi connectivity index (χ0n) is 10.3. The standard InChI is InChI=1S/C13H14BrN3O/c1-8-5-11(14)3-4-12(8)18-13-16-7-10(6-15)9(2)17-13/h3-5,7H,6,15H2,1-2H3. The van der Waals surface area contributed by atoms with Crippen molar-refractivity contribution in [3.05, 3.63) is 45.7 Å². The highest BCUT2D eigenvalue weighted by molar-refractivity contribution is 9.10. The van der Waals surface area contributed by atoms with Crippen LogP contribution in [0.5, 0.6) is 11.8 Å². The maximum atomic E-state index is 5.66. The van der Waals surface area contributed by atoms with Crippen molar-refractivity contribution in [1.29, 1.82) is 0 Å². The Morgan fingerprint density at radius 3 is 2.72 bits per heavy atom. The van der Waals surface area contributed by atoms with Crippen molar-refractivity contribution < 1.29 is 4.74 Å². The number of hydrogen-bond acceptors (Lipinski definition) is 4. The number of aryl methyl sites for hydroxylation is 2. The molecular weight excluding hydrogens is 294 g/mol. The van der Waals surface area contributed by atoms with Crippen molar-refractivity contribution in [3.63, 3.8) is 0 Å². The predicted molar refractivity (Wildman–Crippen MR) is 73.6 cm³/mol. The molecule has 0 radical (unpaired) electrons. The van der Waals surface area contributed by atoms with Crippen LogP contribution in [0.1, 0.15) is 16.8 Å². The highest BCUT2D eigenvalue weighted by atomic mass is 79.9. The van der Waals surface area contributed by atoms with Crippen LogP contribution in [0.4, 0.5) is 0 Å². The van der Waals surface area contributed by atoms with E-state index in [0.717, 1.165) is 27.0 Å². The van der Waals surface area contributed by atoms with Crippen molar-refractivity contribution in [3.8, 4) is 11.8 Å². The molecule has 94 valence electrons. The lowest BCUT2D eigenvalue weighted by Crippen LogP contribution is -2.03. The van der Waals surface area contributed by atoms with Gasteiger partial charge in [-0.05, 0) is 37.6 Å². The van der Waals surface area contributed by atoms with E-state index >= 15 is 0 Å². The number of halogens is 1. The van der Waals surface area contributed by atoms with Gasteiger partial charge < -0.3 is 10.5 Å². The van der Waals surface area contributed by atoms with Crippen LogP contribution in [0.3, 0.4) is 0 Å². The summed E-state index contributed by atoms with van der Waals surface area (Å²) in [6, 6.07) is 6.13. The Morgan fingerprint density at radius 2 is 2.11 bits per heavy atom. The van der Waals surface area contributed by atoms with E-state index in [0.29, 0.717) is 12.6 Å². The van der Waals surface area contributed by atoms with E-state index in [9.17, 15) is 0 Å². The lowest BCUT2D eigenvalue weighted by molar-refractivity contribution is 0.436. The second kappa shape index (κ2) is 5.46. The summed E-state index contributed by atoms with van der Waals surface area (Å²) in [5.41, 5.74) is 8.36. The van der Waals surface area contributed by atoms with E-state index in [4.69, 9.17) is 10.5 Å². The molecule has 0 spiro atoms. The molecule has 2 aromatic rings. The van der Waals surface area contributed by atoms with Crippen LogP contribution < -0.4 is 10.5 Å². The Labute approximate surface area is 114 Å². The number of aromatic nitrogens is 2. The summed E-state index contributed by atoms with van der Waals surface area (Å²) in [4.78, 5) is 8.42. The van der Waals surface area contributed by atoms with Gasteiger partial charge in [-0.15, -0.1) is 0 Å². The van der Waals surface area contributed by atoms with Crippen molar-refractivity contribution in [2.45, 2.75) is 20.4 Å². The van der Waals surface area contributed by atoms with Gasteiger partial charge >= 0.3 is 6.01 Å². The van der Waals surface area contributed by atoms with Crippen molar-refractivity contribution in [1.82, 2.24) is 9.97 Å². The molecule has 1 aromatic carbocycles. The van der Waals surface area contributed by atoms with E-state index in [1.165, 1.54) is 0 Å². The fourth-order valence-electron chi connectivity index (χ4n) is 1.55. The third-order valence-electron chi connectivity index (χ3n) is 2.62. The van der Waals surface area contributed by atoms with Crippen LogP contribution in [0.2, 0.25) is 0 Å². The second-order valence-corrected chi connectivity index (χ2v) is 4.89. The summed E-state index contributed by atoms with van der Waals surface area (Å²) in [6.45, 7) is 4.30. The molecule has 0 amide bonds.